The third kappa shape index (κ3) is 3.42. The van der Waals surface area contributed by atoms with E-state index in [2.05, 4.69) is 9.71 Å². The van der Waals surface area contributed by atoms with Crippen LogP contribution in [0.4, 0.5) is 4.39 Å². The van der Waals surface area contributed by atoms with E-state index in [0.717, 1.165) is 16.9 Å². The van der Waals surface area contributed by atoms with Crippen molar-refractivity contribution in [3.8, 4) is 11.3 Å². The number of thiazole rings is 1. The number of nitrogens with zero attached hydrogens (tertiary/aromatic N) is 2. The molecule has 158 valence electrons. The molecular formula is C21H16FN3O4S2. The summed E-state index contributed by atoms with van der Waals surface area (Å²) in [6.07, 6.45) is 3.23. The molecule has 2 N–H and O–H groups in total. The molecule has 1 aliphatic carbocycles. The largest absolute Gasteiger partial charge is 0.480 e. The Hall–Kier alpha value is -3.08. The van der Waals surface area contributed by atoms with E-state index in [1.54, 1.807) is 47.0 Å². The van der Waals surface area contributed by atoms with Gasteiger partial charge in [-0.15, -0.1) is 0 Å². The molecule has 0 saturated heterocycles. The van der Waals surface area contributed by atoms with Gasteiger partial charge in [-0.2, -0.15) is 4.72 Å². The van der Waals surface area contributed by atoms with E-state index in [1.807, 2.05) is 6.07 Å². The molecule has 1 fully saturated rings. The third-order valence-corrected chi connectivity index (χ3v) is 8.37. The van der Waals surface area contributed by atoms with E-state index in [-0.39, 0.29) is 16.4 Å². The molecule has 2 atom stereocenters. The van der Waals surface area contributed by atoms with Gasteiger partial charge < -0.3 is 5.11 Å². The normalized spacial score (nSPS) is 20.7. The van der Waals surface area contributed by atoms with Crippen LogP contribution in [0.3, 0.4) is 0 Å². The molecule has 2 unspecified atom stereocenters. The summed E-state index contributed by atoms with van der Waals surface area (Å²) in [4.78, 5) is 16.8. The van der Waals surface area contributed by atoms with Crippen LogP contribution in [-0.2, 0) is 14.8 Å². The zero-order valence-corrected chi connectivity index (χ0v) is 17.5. The minimum atomic E-state index is -4.08. The highest BCUT2D eigenvalue weighted by molar-refractivity contribution is 7.91. The van der Waals surface area contributed by atoms with Crippen LogP contribution < -0.4 is 4.72 Å². The number of carboxylic acids is 1. The molecule has 0 amide bonds. The Balaban J connectivity index is 1.43. The van der Waals surface area contributed by atoms with Crippen molar-refractivity contribution in [2.45, 2.75) is 22.1 Å². The number of nitrogens with one attached hydrogen (secondary N) is 1. The summed E-state index contributed by atoms with van der Waals surface area (Å²) in [5.41, 5.74) is 0.494. The molecule has 4 aromatic rings. The molecule has 1 saturated carbocycles. The van der Waals surface area contributed by atoms with Crippen LogP contribution in [0.1, 0.15) is 17.9 Å². The molecule has 1 aliphatic rings. The van der Waals surface area contributed by atoms with Crippen LogP contribution >= 0.6 is 11.3 Å². The number of sulfonamides is 1. The monoisotopic (exact) mass is 457 g/mol. The van der Waals surface area contributed by atoms with Gasteiger partial charge in [-0.3, -0.25) is 9.20 Å². The van der Waals surface area contributed by atoms with Crippen molar-refractivity contribution in [3.05, 3.63) is 78.4 Å². The molecular weight excluding hydrogens is 441 g/mol. The minimum absolute atomic E-state index is 0.0278. The van der Waals surface area contributed by atoms with Gasteiger partial charge in [0.15, 0.2) is 9.17 Å². The van der Waals surface area contributed by atoms with Gasteiger partial charge in [0.25, 0.3) is 10.0 Å². The predicted molar refractivity (Wildman–Crippen MR) is 113 cm³/mol. The summed E-state index contributed by atoms with van der Waals surface area (Å²) in [6.45, 7) is 0. The standard InChI is InChI=1S/C21H16FN3O4S2/c22-15-8-6-14(7-9-15)17-11-25-12-18(30-20(25)23-17)31(28,29)24-21(19(26)27)10-16(21)13-4-2-1-3-5-13/h1-9,11-12,16,24H,10H2,(H,26,27). The Morgan fingerprint density at radius 3 is 2.52 bits per heavy atom. The number of imidazole rings is 1. The fourth-order valence-electron chi connectivity index (χ4n) is 3.69. The van der Waals surface area contributed by atoms with E-state index >= 15 is 0 Å². The fourth-order valence-corrected chi connectivity index (χ4v) is 6.33. The maximum atomic E-state index is 13.1. The van der Waals surface area contributed by atoms with Crippen molar-refractivity contribution in [2.75, 3.05) is 0 Å². The lowest BCUT2D eigenvalue weighted by Crippen LogP contribution is -2.44. The van der Waals surface area contributed by atoms with E-state index < -0.39 is 27.4 Å². The summed E-state index contributed by atoms with van der Waals surface area (Å²) >= 11 is 0.934. The summed E-state index contributed by atoms with van der Waals surface area (Å²) in [7, 11) is -4.08. The topological polar surface area (TPSA) is 101 Å². The molecule has 2 aromatic heterocycles. The second kappa shape index (κ2) is 6.98. The molecule has 5 rings (SSSR count). The van der Waals surface area contributed by atoms with Crippen LogP contribution in [0.25, 0.3) is 16.2 Å². The first-order valence-corrected chi connectivity index (χ1v) is 11.7. The van der Waals surface area contributed by atoms with Crippen LogP contribution in [0, 0.1) is 5.82 Å². The SMILES string of the molecule is O=C(O)C1(NS(=O)(=O)c2cn3cc(-c4ccc(F)cc4)nc3s2)CC1c1ccccc1. The molecule has 0 radical (unpaired) electrons. The Bertz CT molecular complexity index is 1370. The Morgan fingerprint density at radius 2 is 1.87 bits per heavy atom. The zero-order valence-electron chi connectivity index (χ0n) is 15.9. The van der Waals surface area contributed by atoms with Gasteiger partial charge in [-0.1, -0.05) is 41.7 Å². The number of hydrogen-bond donors (Lipinski definition) is 2. The van der Waals surface area contributed by atoms with Gasteiger partial charge in [0.1, 0.15) is 11.4 Å². The van der Waals surface area contributed by atoms with Crippen molar-refractivity contribution in [2.24, 2.45) is 0 Å². The van der Waals surface area contributed by atoms with Crippen molar-refractivity contribution in [3.63, 3.8) is 0 Å². The van der Waals surface area contributed by atoms with E-state index in [4.69, 9.17) is 0 Å². The molecule has 2 aromatic carbocycles. The number of halogens is 1. The average Bonchev–Trinajstić information content (AvgIpc) is 3.10. The lowest BCUT2D eigenvalue weighted by Gasteiger charge is -2.14. The lowest BCUT2D eigenvalue weighted by molar-refractivity contribution is -0.140. The van der Waals surface area contributed by atoms with Gasteiger partial charge in [-0.05, 0) is 36.2 Å². The average molecular weight is 458 g/mol. The van der Waals surface area contributed by atoms with E-state index in [0.29, 0.717) is 16.2 Å². The molecule has 0 bridgehead atoms. The Kier molecular flexibility index (Phi) is 4.47. The fraction of sp³-hybridized carbons (Fsp3) is 0.143. The molecule has 2 heterocycles. The first-order chi connectivity index (χ1) is 14.8. The molecule has 0 aliphatic heterocycles. The molecule has 0 spiro atoms. The van der Waals surface area contributed by atoms with E-state index in [1.165, 1.54) is 18.3 Å². The minimum Gasteiger partial charge on any atom is -0.480 e. The number of hydrogen-bond acceptors (Lipinski definition) is 5. The first-order valence-electron chi connectivity index (χ1n) is 9.35. The van der Waals surface area contributed by atoms with Crippen LogP contribution in [0.15, 0.2) is 71.2 Å². The number of carboxylic acid groups (broad SMARTS) is 1. The van der Waals surface area contributed by atoms with Gasteiger partial charge in [-0.25, -0.2) is 17.8 Å². The molecule has 31 heavy (non-hydrogen) atoms. The van der Waals surface area contributed by atoms with E-state index in [9.17, 15) is 22.7 Å². The van der Waals surface area contributed by atoms with Crippen molar-refractivity contribution in [1.82, 2.24) is 14.1 Å². The van der Waals surface area contributed by atoms with Gasteiger partial charge >= 0.3 is 5.97 Å². The second-order valence-electron chi connectivity index (χ2n) is 7.42. The summed E-state index contributed by atoms with van der Waals surface area (Å²) in [5, 5.41) is 9.76. The highest BCUT2D eigenvalue weighted by Crippen LogP contribution is 2.52. The van der Waals surface area contributed by atoms with Gasteiger partial charge in [0, 0.05) is 23.9 Å². The van der Waals surface area contributed by atoms with Crippen LogP contribution in [-0.4, -0.2) is 34.4 Å². The number of rotatable bonds is 6. The Morgan fingerprint density at radius 1 is 1.16 bits per heavy atom. The number of aliphatic carboxylic acids is 1. The zero-order chi connectivity index (χ0) is 21.8. The molecule has 10 heteroatoms. The first kappa shape index (κ1) is 19.9. The Labute approximate surface area is 180 Å². The van der Waals surface area contributed by atoms with Crippen molar-refractivity contribution < 1.29 is 22.7 Å². The summed E-state index contributed by atoms with van der Waals surface area (Å²) in [6, 6.07) is 14.8. The van der Waals surface area contributed by atoms with Crippen molar-refractivity contribution in [1.29, 1.82) is 0 Å². The van der Waals surface area contributed by atoms with Gasteiger partial charge in [0.05, 0.1) is 5.69 Å². The maximum Gasteiger partial charge on any atom is 0.325 e. The number of carbonyl (C=O) groups is 1. The van der Waals surface area contributed by atoms with Crippen LogP contribution in [0.2, 0.25) is 0 Å². The predicted octanol–water partition coefficient (Wildman–Crippen LogP) is 3.49. The highest BCUT2D eigenvalue weighted by Gasteiger charge is 2.63. The van der Waals surface area contributed by atoms with Crippen molar-refractivity contribution >= 4 is 32.3 Å². The maximum absolute atomic E-state index is 13.1. The highest BCUT2D eigenvalue weighted by atomic mass is 32.2. The smallest absolute Gasteiger partial charge is 0.325 e. The second-order valence-corrected chi connectivity index (χ2v) is 10.3. The summed E-state index contributed by atoms with van der Waals surface area (Å²) in [5.74, 6) is -1.99. The third-order valence-electron chi connectivity index (χ3n) is 5.40. The molecule has 7 nitrogen and oxygen atoms in total. The van der Waals surface area contributed by atoms with Gasteiger partial charge in [0.2, 0.25) is 0 Å². The number of benzene rings is 2. The summed E-state index contributed by atoms with van der Waals surface area (Å²) < 4.78 is 43.0. The van der Waals surface area contributed by atoms with Crippen LogP contribution in [0.5, 0.6) is 0 Å². The quantitative estimate of drug-likeness (QED) is 0.462. The number of fused-ring (bicyclic) bond motifs is 1. The lowest BCUT2D eigenvalue weighted by atomic mass is 10.1. The number of aromatic nitrogens is 2.